The average Bonchev–Trinajstić information content (AvgIpc) is 2.72. The van der Waals surface area contributed by atoms with Gasteiger partial charge in [-0.05, 0) is 25.6 Å². The highest BCUT2D eigenvalue weighted by Crippen LogP contribution is 2.37. The Labute approximate surface area is 106 Å². The number of thiazole rings is 1. The monoisotopic (exact) mass is 270 g/mol. The summed E-state index contributed by atoms with van der Waals surface area (Å²) in [6.45, 7) is 3.53. The first-order valence-corrected chi connectivity index (χ1v) is 6.46. The van der Waals surface area contributed by atoms with Crippen molar-refractivity contribution in [2.75, 3.05) is 0 Å². The predicted octanol–water partition coefficient (Wildman–Crippen LogP) is 2.55. The Kier molecular flexibility index (Phi) is 3.16. The number of aryl methyl sites for hydroxylation is 3. The van der Waals surface area contributed by atoms with Gasteiger partial charge in [0.2, 0.25) is 0 Å². The van der Waals surface area contributed by atoms with Crippen molar-refractivity contribution in [1.29, 1.82) is 0 Å². The Bertz CT molecular complexity index is 576. The van der Waals surface area contributed by atoms with Gasteiger partial charge in [0.1, 0.15) is 5.69 Å². The highest BCUT2D eigenvalue weighted by atomic mass is 32.2. The number of aromatic nitrogens is 3. The second-order valence-corrected chi connectivity index (χ2v) is 5.57. The molecule has 0 unspecified atom stereocenters. The van der Waals surface area contributed by atoms with Crippen LogP contribution in [0.3, 0.4) is 0 Å². The van der Waals surface area contributed by atoms with Gasteiger partial charge in [-0.3, -0.25) is 14.8 Å². The van der Waals surface area contributed by atoms with E-state index in [1.165, 1.54) is 27.8 Å². The predicted molar refractivity (Wildman–Crippen MR) is 65.6 cm³/mol. The number of hydrogen-bond acceptors (Lipinski definition) is 6. The van der Waals surface area contributed by atoms with Crippen molar-refractivity contribution in [3.8, 4) is 0 Å². The van der Waals surface area contributed by atoms with Crippen LogP contribution in [0.5, 0.6) is 0 Å². The maximum absolute atomic E-state index is 11.0. The Morgan fingerprint density at radius 2 is 2.24 bits per heavy atom. The third kappa shape index (κ3) is 2.32. The van der Waals surface area contributed by atoms with E-state index in [4.69, 9.17) is 0 Å². The summed E-state index contributed by atoms with van der Waals surface area (Å²) in [6, 6.07) is 0. The summed E-state index contributed by atoms with van der Waals surface area (Å²) in [4.78, 5) is 14.9. The maximum Gasteiger partial charge on any atom is 0.324 e. The van der Waals surface area contributed by atoms with E-state index in [0.717, 1.165) is 10.0 Å². The standard InChI is InChI=1S/C9H10N4O2S2/c1-5-4-16-9(10-5)17-8-7(13(14)15)6(2)11-12(8)3/h4H,1-3H3. The van der Waals surface area contributed by atoms with Crippen LogP contribution < -0.4 is 0 Å². The first kappa shape index (κ1) is 12.1. The van der Waals surface area contributed by atoms with E-state index < -0.39 is 4.92 Å². The number of hydrogen-bond donors (Lipinski definition) is 0. The second-order valence-electron chi connectivity index (χ2n) is 3.48. The average molecular weight is 270 g/mol. The molecule has 0 atom stereocenters. The largest absolute Gasteiger partial charge is 0.324 e. The molecule has 0 radical (unpaired) electrons. The maximum atomic E-state index is 11.0. The minimum absolute atomic E-state index is 0.0605. The molecular weight excluding hydrogens is 260 g/mol. The lowest BCUT2D eigenvalue weighted by Gasteiger charge is -1.97. The molecular formula is C9H10N4O2S2. The molecule has 90 valence electrons. The smallest absolute Gasteiger partial charge is 0.258 e. The lowest BCUT2D eigenvalue weighted by atomic mass is 10.4. The highest BCUT2D eigenvalue weighted by molar-refractivity contribution is 8.01. The van der Waals surface area contributed by atoms with Crippen molar-refractivity contribution in [3.05, 3.63) is 26.9 Å². The first-order valence-electron chi connectivity index (χ1n) is 4.77. The van der Waals surface area contributed by atoms with E-state index in [0.29, 0.717) is 10.7 Å². The van der Waals surface area contributed by atoms with E-state index in [-0.39, 0.29) is 5.69 Å². The minimum atomic E-state index is -0.398. The topological polar surface area (TPSA) is 73.8 Å². The van der Waals surface area contributed by atoms with Gasteiger partial charge in [-0.15, -0.1) is 11.3 Å². The normalized spacial score (nSPS) is 10.8. The van der Waals surface area contributed by atoms with Gasteiger partial charge in [-0.1, -0.05) is 0 Å². The van der Waals surface area contributed by atoms with E-state index in [2.05, 4.69) is 10.1 Å². The van der Waals surface area contributed by atoms with E-state index >= 15 is 0 Å². The molecule has 2 aromatic heterocycles. The Balaban J connectivity index is 2.41. The van der Waals surface area contributed by atoms with Gasteiger partial charge < -0.3 is 0 Å². The highest BCUT2D eigenvalue weighted by Gasteiger charge is 2.25. The Morgan fingerprint density at radius 3 is 2.76 bits per heavy atom. The quantitative estimate of drug-likeness (QED) is 0.633. The van der Waals surface area contributed by atoms with Crippen LogP contribution >= 0.6 is 23.1 Å². The third-order valence-corrected chi connectivity index (χ3v) is 4.31. The van der Waals surface area contributed by atoms with E-state index in [1.807, 2.05) is 12.3 Å². The molecule has 0 bridgehead atoms. The zero-order chi connectivity index (χ0) is 12.6. The summed E-state index contributed by atoms with van der Waals surface area (Å²) in [5, 5.41) is 17.5. The first-order chi connectivity index (χ1) is 7.99. The second kappa shape index (κ2) is 4.46. The Hall–Kier alpha value is -1.41. The van der Waals surface area contributed by atoms with Crippen molar-refractivity contribution in [3.63, 3.8) is 0 Å². The van der Waals surface area contributed by atoms with Crippen molar-refractivity contribution in [1.82, 2.24) is 14.8 Å². The molecule has 2 heterocycles. The van der Waals surface area contributed by atoms with Crippen molar-refractivity contribution in [2.24, 2.45) is 7.05 Å². The summed E-state index contributed by atoms with van der Waals surface area (Å²) in [5.41, 5.74) is 1.40. The van der Waals surface area contributed by atoms with Crippen LogP contribution in [0.1, 0.15) is 11.4 Å². The lowest BCUT2D eigenvalue weighted by Crippen LogP contribution is -1.94. The summed E-state index contributed by atoms with van der Waals surface area (Å²) in [5.74, 6) is 0. The van der Waals surface area contributed by atoms with E-state index in [1.54, 1.807) is 14.0 Å². The summed E-state index contributed by atoms with van der Waals surface area (Å²) in [7, 11) is 1.70. The molecule has 0 spiro atoms. The molecule has 2 rings (SSSR count). The zero-order valence-electron chi connectivity index (χ0n) is 9.50. The van der Waals surface area contributed by atoms with E-state index in [9.17, 15) is 10.1 Å². The van der Waals surface area contributed by atoms with Crippen LogP contribution in [-0.4, -0.2) is 19.7 Å². The van der Waals surface area contributed by atoms with Crippen LogP contribution in [0.4, 0.5) is 5.69 Å². The van der Waals surface area contributed by atoms with Crippen molar-refractivity contribution >= 4 is 28.8 Å². The van der Waals surface area contributed by atoms with Gasteiger partial charge in [0.25, 0.3) is 0 Å². The van der Waals surface area contributed by atoms with Crippen LogP contribution in [0, 0.1) is 24.0 Å². The van der Waals surface area contributed by atoms with Gasteiger partial charge in [0.15, 0.2) is 9.37 Å². The molecule has 6 nitrogen and oxygen atoms in total. The fourth-order valence-corrected chi connectivity index (χ4v) is 3.35. The molecule has 0 aliphatic carbocycles. The number of nitro groups is 1. The molecule has 0 amide bonds. The zero-order valence-corrected chi connectivity index (χ0v) is 11.1. The van der Waals surface area contributed by atoms with Crippen LogP contribution in [0.25, 0.3) is 0 Å². The fourth-order valence-electron chi connectivity index (χ4n) is 1.41. The fraction of sp³-hybridized carbons (Fsp3) is 0.333. The molecule has 17 heavy (non-hydrogen) atoms. The molecule has 8 heteroatoms. The van der Waals surface area contributed by atoms with Gasteiger partial charge in [-0.2, -0.15) is 5.10 Å². The molecule has 0 aliphatic rings. The molecule has 2 aromatic rings. The third-order valence-electron chi connectivity index (χ3n) is 2.10. The lowest BCUT2D eigenvalue weighted by molar-refractivity contribution is -0.388. The molecule has 0 N–H and O–H groups in total. The van der Waals surface area contributed by atoms with Crippen LogP contribution in [0.15, 0.2) is 14.7 Å². The van der Waals surface area contributed by atoms with Gasteiger partial charge >= 0.3 is 5.69 Å². The summed E-state index contributed by atoms with van der Waals surface area (Å²) in [6.07, 6.45) is 0. The van der Waals surface area contributed by atoms with Crippen LogP contribution in [0.2, 0.25) is 0 Å². The van der Waals surface area contributed by atoms with Crippen LogP contribution in [-0.2, 0) is 7.05 Å². The molecule has 0 fully saturated rings. The number of rotatable bonds is 3. The summed E-state index contributed by atoms with van der Waals surface area (Å²) >= 11 is 2.75. The summed E-state index contributed by atoms with van der Waals surface area (Å²) < 4.78 is 2.31. The van der Waals surface area contributed by atoms with Gasteiger partial charge in [-0.25, -0.2) is 4.98 Å². The number of nitrogens with zero attached hydrogens (tertiary/aromatic N) is 4. The van der Waals surface area contributed by atoms with Gasteiger partial charge in [0.05, 0.1) is 4.92 Å². The molecule has 0 saturated heterocycles. The Morgan fingerprint density at radius 1 is 1.53 bits per heavy atom. The van der Waals surface area contributed by atoms with Gasteiger partial charge in [0, 0.05) is 18.1 Å². The minimum Gasteiger partial charge on any atom is -0.258 e. The SMILES string of the molecule is Cc1csc(Sc2c([N+](=O)[O-])c(C)nn2C)n1. The molecule has 0 aromatic carbocycles. The molecule has 0 aliphatic heterocycles. The van der Waals surface area contributed by atoms with Crippen molar-refractivity contribution in [2.45, 2.75) is 23.2 Å². The van der Waals surface area contributed by atoms with Crippen molar-refractivity contribution < 1.29 is 4.92 Å². The molecule has 0 saturated carbocycles.